The number of nitrogens with one attached hydrogen (secondary N) is 1. The van der Waals surface area contributed by atoms with E-state index >= 15 is 0 Å². The molecule has 6 heteroatoms. The average Bonchev–Trinajstić information content (AvgIpc) is 2.86. The van der Waals surface area contributed by atoms with Crippen LogP contribution in [0.2, 0.25) is 0 Å². The molecule has 0 bridgehead atoms. The molecule has 1 aromatic carbocycles. The van der Waals surface area contributed by atoms with Gasteiger partial charge < -0.3 is 15.6 Å². The fourth-order valence-electron chi connectivity index (χ4n) is 1.85. The summed E-state index contributed by atoms with van der Waals surface area (Å²) in [5.41, 5.74) is 6.94. The molecular formula is C14H15N5O. The average molecular weight is 269 g/mol. The lowest BCUT2D eigenvalue weighted by molar-refractivity contribution is -0.116. The molecule has 1 amide bonds. The quantitative estimate of drug-likeness (QED) is 0.808. The van der Waals surface area contributed by atoms with E-state index in [1.165, 1.54) is 0 Å². The van der Waals surface area contributed by atoms with Crippen molar-refractivity contribution >= 4 is 17.3 Å². The van der Waals surface area contributed by atoms with E-state index in [9.17, 15) is 4.79 Å². The lowest BCUT2D eigenvalue weighted by Crippen LogP contribution is -2.12. The number of carbonyl (C=O) groups is 1. The number of nitriles is 1. The first-order chi connectivity index (χ1) is 9.69. The van der Waals surface area contributed by atoms with Crippen LogP contribution < -0.4 is 11.1 Å². The van der Waals surface area contributed by atoms with Gasteiger partial charge in [0.1, 0.15) is 6.07 Å². The largest absolute Gasteiger partial charge is 0.399 e. The zero-order valence-corrected chi connectivity index (χ0v) is 10.9. The molecule has 0 spiro atoms. The Morgan fingerprint density at radius 2 is 2.35 bits per heavy atom. The SMILES string of the molecule is N#Cc1nccn1CCCC(=O)Nc1cccc(N)c1. The van der Waals surface area contributed by atoms with Crippen LogP contribution in [0.1, 0.15) is 18.7 Å². The fourth-order valence-corrected chi connectivity index (χ4v) is 1.85. The van der Waals surface area contributed by atoms with E-state index in [4.69, 9.17) is 11.0 Å². The Bertz CT molecular complexity index is 641. The number of rotatable bonds is 5. The van der Waals surface area contributed by atoms with Crippen molar-refractivity contribution in [3.8, 4) is 6.07 Å². The van der Waals surface area contributed by atoms with Crippen molar-refractivity contribution in [3.05, 3.63) is 42.5 Å². The molecule has 2 aromatic rings. The number of hydrogen-bond donors (Lipinski definition) is 2. The van der Waals surface area contributed by atoms with E-state index in [0.29, 0.717) is 36.6 Å². The Labute approximate surface area is 116 Å². The topological polar surface area (TPSA) is 96.7 Å². The predicted molar refractivity (Wildman–Crippen MR) is 75.7 cm³/mol. The van der Waals surface area contributed by atoms with Crippen molar-refractivity contribution in [2.45, 2.75) is 19.4 Å². The Balaban J connectivity index is 1.80. The molecule has 0 atom stereocenters. The molecule has 102 valence electrons. The summed E-state index contributed by atoms with van der Waals surface area (Å²) < 4.78 is 1.73. The number of amides is 1. The molecule has 0 saturated carbocycles. The van der Waals surface area contributed by atoms with Crippen LogP contribution in [0.4, 0.5) is 11.4 Å². The Hall–Kier alpha value is -2.81. The highest BCUT2D eigenvalue weighted by Gasteiger charge is 2.05. The Kier molecular flexibility index (Phi) is 4.35. The van der Waals surface area contributed by atoms with Gasteiger partial charge in [0.15, 0.2) is 0 Å². The van der Waals surface area contributed by atoms with Crippen LogP contribution in [0, 0.1) is 11.3 Å². The second-order valence-corrected chi connectivity index (χ2v) is 4.33. The summed E-state index contributed by atoms with van der Waals surface area (Å²) in [6.07, 6.45) is 4.32. The molecule has 0 radical (unpaired) electrons. The lowest BCUT2D eigenvalue weighted by Gasteiger charge is -2.06. The van der Waals surface area contributed by atoms with Gasteiger partial charge in [0.05, 0.1) is 0 Å². The fraction of sp³-hybridized carbons (Fsp3) is 0.214. The van der Waals surface area contributed by atoms with Gasteiger partial charge in [-0.2, -0.15) is 5.26 Å². The molecule has 3 N–H and O–H groups in total. The van der Waals surface area contributed by atoms with Crippen LogP contribution >= 0.6 is 0 Å². The monoisotopic (exact) mass is 269 g/mol. The van der Waals surface area contributed by atoms with Crippen molar-refractivity contribution in [2.24, 2.45) is 0 Å². The summed E-state index contributed by atoms with van der Waals surface area (Å²) >= 11 is 0. The predicted octanol–water partition coefficient (Wildman–Crippen LogP) is 1.76. The molecule has 1 aromatic heterocycles. The number of nitrogen functional groups attached to an aromatic ring is 1. The van der Waals surface area contributed by atoms with E-state index in [2.05, 4.69) is 10.3 Å². The van der Waals surface area contributed by atoms with E-state index in [0.717, 1.165) is 0 Å². The summed E-state index contributed by atoms with van der Waals surface area (Å²) in [4.78, 5) is 15.7. The summed E-state index contributed by atoms with van der Waals surface area (Å²) in [6.45, 7) is 0.591. The van der Waals surface area contributed by atoms with Gasteiger partial charge in [0, 0.05) is 36.7 Å². The van der Waals surface area contributed by atoms with E-state index < -0.39 is 0 Å². The Morgan fingerprint density at radius 1 is 1.50 bits per heavy atom. The first-order valence-electron chi connectivity index (χ1n) is 6.25. The van der Waals surface area contributed by atoms with Gasteiger partial charge in [0.2, 0.25) is 11.7 Å². The highest BCUT2D eigenvalue weighted by atomic mass is 16.1. The Morgan fingerprint density at radius 3 is 3.10 bits per heavy atom. The first-order valence-corrected chi connectivity index (χ1v) is 6.25. The van der Waals surface area contributed by atoms with Crippen LogP contribution in [-0.4, -0.2) is 15.5 Å². The molecule has 20 heavy (non-hydrogen) atoms. The second-order valence-electron chi connectivity index (χ2n) is 4.33. The molecule has 0 fully saturated rings. The summed E-state index contributed by atoms with van der Waals surface area (Å²) in [6, 6.07) is 9.05. The minimum absolute atomic E-state index is 0.0748. The van der Waals surface area contributed by atoms with Crippen molar-refractivity contribution in [1.29, 1.82) is 5.26 Å². The number of nitrogens with two attached hydrogens (primary N) is 1. The minimum Gasteiger partial charge on any atom is -0.399 e. The second kappa shape index (κ2) is 6.38. The maximum atomic E-state index is 11.8. The van der Waals surface area contributed by atoms with Crippen LogP contribution in [0.3, 0.4) is 0 Å². The highest BCUT2D eigenvalue weighted by molar-refractivity contribution is 5.91. The number of carbonyl (C=O) groups excluding carboxylic acids is 1. The zero-order valence-electron chi connectivity index (χ0n) is 10.9. The molecular weight excluding hydrogens is 254 g/mol. The smallest absolute Gasteiger partial charge is 0.224 e. The molecule has 1 heterocycles. The van der Waals surface area contributed by atoms with E-state index in [1.54, 1.807) is 41.2 Å². The van der Waals surface area contributed by atoms with Crippen LogP contribution in [0.25, 0.3) is 0 Å². The molecule has 0 aliphatic heterocycles. The molecule has 2 rings (SSSR count). The standard InChI is InChI=1S/C14H15N5O/c15-10-13-17-6-8-19(13)7-2-5-14(20)18-12-4-1-3-11(16)9-12/h1,3-4,6,8-9H,2,5,7,16H2,(H,18,20). The molecule has 0 saturated heterocycles. The van der Waals surface area contributed by atoms with Gasteiger partial charge in [-0.3, -0.25) is 4.79 Å². The minimum atomic E-state index is -0.0748. The first kappa shape index (κ1) is 13.6. The number of aromatic nitrogens is 2. The van der Waals surface area contributed by atoms with Crippen LogP contribution in [-0.2, 0) is 11.3 Å². The number of benzene rings is 1. The van der Waals surface area contributed by atoms with Gasteiger partial charge in [-0.15, -0.1) is 0 Å². The van der Waals surface area contributed by atoms with Crippen LogP contribution in [0.15, 0.2) is 36.7 Å². The maximum absolute atomic E-state index is 11.8. The van der Waals surface area contributed by atoms with Gasteiger partial charge in [0.25, 0.3) is 0 Å². The van der Waals surface area contributed by atoms with Crippen molar-refractivity contribution in [3.63, 3.8) is 0 Å². The summed E-state index contributed by atoms with van der Waals surface area (Å²) in [5, 5.41) is 11.6. The third-order valence-corrected chi connectivity index (χ3v) is 2.79. The number of imidazole rings is 1. The van der Waals surface area contributed by atoms with Crippen molar-refractivity contribution in [1.82, 2.24) is 9.55 Å². The van der Waals surface area contributed by atoms with E-state index in [1.807, 2.05) is 6.07 Å². The lowest BCUT2D eigenvalue weighted by atomic mass is 10.2. The molecule has 0 aliphatic rings. The van der Waals surface area contributed by atoms with Crippen molar-refractivity contribution in [2.75, 3.05) is 11.1 Å². The number of nitrogens with zero attached hydrogens (tertiary/aromatic N) is 3. The number of aryl methyl sites for hydroxylation is 1. The van der Waals surface area contributed by atoms with Crippen molar-refractivity contribution < 1.29 is 4.79 Å². The molecule has 0 unspecified atom stereocenters. The number of anilines is 2. The van der Waals surface area contributed by atoms with Gasteiger partial charge in [-0.1, -0.05) is 6.07 Å². The van der Waals surface area contributed by atoms with Gasteiger partial charge in [-0.05, 0) is 24.6 Å². The normalized spacial score (nSPS) is 9.95. The molecule has 0 aliphatic carbocycles. The molecule has 6 nitrogen and oxygen atoms in total. The van der Waals surface area contributed by atoms with E-state index in [-0.39, 0.29) is 5.91 Å². The zero-order chi connectivity index (χ0) is 14.4. The third kappa shape index (κ3) is 3.59. The number of hydrogen-bond acceptors (Lipinski definition) is 4. The summed E-state index contributed by atoms with van der Waals surface area (Å²) in [5.74, 6) is 0.287. The maximum Gasteiger partial charge on any atom is 0.224 e. The van der Waals surface area contributed by atoms with Gasteiger partial charge in [-0.25, -0.2) is 4.98 Å². The van der Waals surface area contributed by atoms with Gasteiger partial charge >= 0.3 is 0 Å². The van der Waals surface area contributed by atoms with Crippen LogP contribution in [0.5, 0.6) is 0 Å². The third-order valence-electron chi connectivity index (χ3n) is 2.79. The highest BCUT2D eigenvalue weighted by Crippen LogP contribution is 2.12. The summed E-state index contributed by atoms with van der Waals surface area (Å²) in [7, 11) is 0.